The number of Topliss-reactive ketones (excluding diaryl/α,β-unsaturated/α-hetero) is 1. The summed E-state index contributed by atoms with van der Waals surface area (Å²) in [7, 11) is 3.98. The van der Waals surface area contributed by atoms with Gasteiger partial charge in [0.2, 0.25) is 0 Å². The number of carbonyl (C=O) groups is 1. The van der Waals surface area contributed by atoms with Crippen molar-refractivity contribution in [1.29, 1.82) is 0 Å². The number of likely N-dealkylation sites (N-methyl/N-ethyl adjacent to an activating group) is 1. The molecule has 3 rings (SSSR count). The molecule has 2 aromatic rings. The van der Waals surface area contributed by atoms with Crippen molar-refractivity contribution in [3.63, 3.8) is 0 Å². The lowest BCUT2D eigenvalue weighted by molar-refractivity contribution is 0.0875. The van der Waals surface area contributed by atoms with Gasteiger partial charge in [-0.2, -0.15) is 0 Å². The van der Waals surface area contributed by atoms with Gasteiger partial charge < -0.3 is 0 Å². The van der Waals surface area contributed by atoms with E-state index < -0.39 is 0 Å². The molecule has 0 radical (unpaired) electrons. The van der Waals surface area contributed by atoms with Gasteiger partial charge in [-0.05, 0) is 50.4 Å². The van der Waals surface area contributed by atoms with Gasteiger partial charge in [-0.15, -0.1) is 0 Å². The van der Waals surface area contributed by atoms with Gasteiger partial charge in [-0.1, -0.05) is 73.9 Å². The molecular weight excluding hydrogens is 306 g/mol. The minimum atomic E-state index is -0.122. The number of nitrogens with zero attached hydrogens (tertiary/aromatic N) is 1. The molecule has 0 aromatic heterocycles. The Morgan fingerprint density at radius 3 is 2.20 bits per heavy atom. The van der Waals surface area contributed by atoms with Gasteiger partial charge in [0, 0.05) is 5.56 Å². The molecule has 0 saturated heterocycles. The van der Waals surface area contributed by atoms with E-state index in [9.17, 15) is 4.79 Å². The molecule has 0 N–H and O–H groups in total. The van der Waals surface area contributed by atoms with Crippen molar-refractivity contribution >= 4 is 5.78 Å². The van der Waals surface area contributed by atoms with E-state index in [4.69, 9.17) is 0 Å². The Labute approximate surface area is 151 Å². The molecule has 1 fully saturated rings. The first-order valence-corrected chi connectivity index (χ1v) is 9.49. The Kier molecular flexibility index (Phi) is 6.04. The van der Waals surface area contributed by atoms with E-state index in [0.717, 1.165) is 12.0 Å². The fourth-order valence-electron chi connectivity index (χ4n) is 3.89. The number of ketones is 1. The first-order valence-electron chi connectivity index (χ1n) is 9.49. The maximum Gasteiger partial charge on any atom is 0.180 e. The van der Waals surface area contributed by atoms with Crippen LogP contribution in [0.4, 0.5) is 0 Å². The highest BCUT2D eigenvalue weighted by atomic mass is 16.1. The lowest BCUT2D eigenvalue weighted by atomic mass is 9.83. The largest absolute Gasteiger partial charge is 0.299 e. The van der Waals surface area contributed by atoms with Crippen LogP contribution in [0.3, 0.4) is 0 Å². The summed E-state index contributed by atoms with van der Waals surface area (Å²) in [5.74, 6) is 0.899. The zero-order chi connectivity index (χ0) is 17.6. The third kappa shape index (κ3) is 4.58. The Hall–Kier alpha value is -1.93. The van der Waals surface area contributed by atoms with Crippen LogP contribution in [0.25, 0.3) is 0 Å². The van der Waals surface area contributed by atoms with Gasteiger partial charge in [0.25, 0.3) is 0 Å². The van der Waals surface area contributed by atoms with Crippen LogP contribution >= 0.6 is 0 Å². The van der Waals surface area contributed by atoms with E-state index in [-0.39, 0.29) is 11.8 Å². The Morgan fingerprint density at radius 1 is 0.960 bits per heavy atom. The van der Waals surface area contributed by atoms with Crippen LogP contribution < -0.4 is 0 Å². The van der Waals surface area contributed by atoms with Gasteiger partial charge in [0.15, 0.2) is 5.78 Å². The molecule has 2 heteroatoms. The highest BCUT2D eigenvalue weighted by Crippen LogP contribution is 2.32. The Morgan fingerprint density at radius 2 is 1.60 bits per heavy atom. The van der Waals surface area contributed by atoms with Gasteiger partial charge in [-0.3, -0.25) is 9.69 Å². The normalized spacial score (nSPS) is 16.8. The zero-order valence-corrected chi connectivity index (χ0v) is 15.4. The molecule has 2 nitrogen and oxygen atoms in total. The maximum absolute atomic E-state index is 13.0. The highest BCUT2D eigenvalue weighted by molar-refractivity contribution is 6.00. The molecule has 132 valence electrons. The number of hydrogen-bond donors (Lipinski definition) is 0. The van der Waals surface area contributed by atoms with Crippen LogP contribution in [0, 0.1) is 0 Å². The lowest BCUT2D eigenvalue weighted by Crippen LogP contribution is -2.37. The minimum Gasteiger partial charge on any atom is -0.299 e. The SMILES string of the molecule is CN(C)C(Cc1ccccc1)C(=O)c1ccc(C2CCCCC2)cc1. The minimum absolute atomic E-state index is 0.122. The van der Waals surface area contributed by atoms with Crippen molar-refractivity contribution in [2.24, 2.45) is 0 Å². The average molecular weight is 335 g/mol. The zero-order valence-electron chi connectivity index (χ0n) is 15.4. The first kappa shape index (κ1) is 17.9. The third-order valence-corrected chi connectivity index (χ3v) is 5.47. The summed E-state index contributed by atoms with van der Waals surface area (Å²) in [6.07, 6.45) is 7.38. The second-order valence-electron chi connectivity index (χ2n) is 7.49. The standard InChI is InChI=1S/C23H29NO/c1-24(2)22(17-18-9-5-3-6-10-18)23(25)21-15-13-20(14-16-21)19-11-7-4-8-12-19/h3,5-6,9-10,13-16,19,22H,4,7-8,11-12,17H2,1-2H3. The molecule has 0 bridgehead atoms. The quantitative estimate of drug-likeness (QED) is 0.685. The lowest BCUT2D eigenvalue weighted by Gasteiger charge is -2.24. The van der Waals surface area contributed by atoms with E-state index in [2.05, 4.69) is 24.3 Å². The number of hydrogen-bond acceptors (Lipinski definition) is 2. The van der Waals surface area contributed by atoms with Crippen LogP contribution in [0.15, 0.2) is 54.6 Å². The molecule has 1 aliphatic carbocycles. The summed E-state index contributed by atoms with van der Waals surface area (Å²) in [4.78, 5) is 15.1. The average Bonchev–Trinajstić information content (AvgIpc) is 2.67. The summed E-state index contributed by atoms with van der Waals surface area (Å²) in [6.45, 7) is 0. The summed E-state index contributed by atoms with van der Waals surface area (Å²) in [5.41, 5.74) is 3.43. The summed E-state index contributed by atoms with van der Waals surface area (Å²) in [5, 5.41) is 0. The molecule has 1 aliphatic rings. The molecule has 0 amide bonds. The topological polar surface area (TPSA) is 20.3 Å². The molecule has 0 aliphatic heterocycles. The van der Waals surface area contributed by atoms with Crippen molar-refractivity contribution in [3.8, 4) is 0 Å². The molecule has 2 aromatic carbocycles. The van der Waals surface area contributed by atoms with E-state index in [0.29, 0.717) is 5.92 Å². The second-order valence-corrected chi connectivity index (χ2v) is 7.49. The van der Waals surface area contributed by atoms with Crippen molar-refractivity contribution in [3.05, 3.63) is 71.3 Å². The van der Waals surface area contributed by atoms with Gasteiger partial charge >= 0.3 is 0 Å². The van der Waals surface area contributed by atoms with Gasteiger partial charge in [0.1, 0.15) is 0 Å². The van der Waals surface area contributed by atoms with Gasteiger partial charge in [-0.25, -0.2) is 0 Å². The number of benzene rings is 2. The van der Waals surface area contributed by atoms with Crippen molar-refractivity contribution < 1.29 is 4.79 Å². The van der Waals surface area contributed by atoms with Crippen molar-refractivity contribution in [2.45, 2.75) is 50.5 Å². The second kappa shape index (κ2) is 8.44. The van der Waals surface area contributed by atoms with E-state index >= 15 is 0 Å². The van der Waals surface area contributed by atoms with Crippen molar-refractivity contribution in [1.82, 2.24) is 4.90 Å². The van der Waals surface area contributed by atoms with Crippen molar-refractivity contribution in [2.75, 3.05) is 14.1 Å². The predicted octanol–water partition coefficient (Wildman–Crippen LogP) is 5.09. The van der Waals surface area contributed by atoms with Crippen LogP contribution in [-0.2, 0) is 6.42 Å². The molecule has 0 heterocycles. The Balaban J connectivity index is 1.73. The van der Waals surface area contributed by atoms with E-state index in [1.807, 2.05) is 49.3 Å². The van der Waals surface area contributed by atoms with E-state index in [1.54, 1.807) is 0 Å². The number of carbonyl (C=O) groups excluding carboxylic acids is 1. The predicted molar refractivity (Wildman–Crippen MR) is 104 cm³/mol. The summed E-state index contributed by atoms with van der Waals surface area (Å²) < 4.78 is 0. The van der Waals surface area contributed by atoms with Crippen LogP contribution in [0.5, 0.6) is 0 Å². The highest BCUT2D eigenvalue weighted by Gasteiger charge is 2.23. The van der Waals surface area contributed by atoms with E-state index in [1.165, 1.54) is 43.2 Å². The first-order chi connectivity index (χ1) is 12.1. The fourth-order valence-corrected chi connectivity index (χ4v) is 3.89. The van der Waals surface area contributed by atoms with Crippen LogP contribution in [0.1, 0.15) is 59.5 Å². The molecule has 0 spiro atoms. The molecule has 1 unspecified atom stereocenters. The number of rotatable bonds is 6. The smallest absolute Gasteiger partial charge is 0.180 e. The maximum atomic E-state index is 13.0. The third-order valence-electron chi connectivity index (χ3n) is 5.47. The Bertz CT molecular complexity index is 669. The fraction of sp³-hybridized carbons (Fsp3) is 0.435. The molecular formula is C23H29NO. The van der Waals surface area contributed by atoms with Gasteiger partial charge in [0.05, 0.1) is 6.04 Å². The van der Waals surface area contributed by atoms with Crippen LogP contribution in [0.2, 0.25) is 0 Å². The van der Waals surface area contributed by atoms with Crippen LogP contribution in [-0.4, -0.2) is 30.8 Å². The summed E-state index contributed by atoms with van der Waals surface area (Å²) in [6, 6.07) is 18.6. The molecule has 1 atom stereocenters. The monoisotopic (exact) mass is 335 g/mol. The summed E-state index contributed by atoms with van der Waals surface area (Å²) >= 11 is 0. The molecule has 25 heavy (non-hydrogen) atoms. The molecule has 1 saturated carbocycles.